The lowest BCUT2D eigenvalue weighted by Gasteiger charge is -2.60. The molecule has 0 heterocycles. The van der Waals surface area contributed by atoms with Crippen molar-refractivity contribution in [2.75, 3.05) is 18.5 Å². The predicted octanol–water partition coefficient (Wildman–Crippen LogP) is 29.4. The Morgan fingerprint density at radius 3 is 0.605 bits per heavy atom. The van der Waals surface area contributed by atoms with E-state index in [-0.39, 0.29) is 12.4 Å². The van der Waals surface area contributed by atoms with Gasteiger partial charge in [0.2, 0.25) is 0 Å². The summed E-state index contributed by atoms with van der Waals surface area (Å²) < 4.78 is 0. The second-order valence-electron chi connectivity index (χ2n) is 30.0. The fraction of sp³-hybridized carbons (Fsp3) is 1.00. The molecule has 0 aliphatic rings. The van der Waals surface area contributed by atoms with Crippen LogP contribution >= 0.6 is 7.26 Å². The van der Waals surface area contributed by atoms with Gasteiger partial charge in [0.25, 0.3) is 0 Å². The summed E-state index contributed by atoms with van der Waals surface area (Å²) >= 11 is 0. The van der Waals surface area contributed by atoms with Crippen molar-refractivity contribution in [3.63, 3.8) is 0 Å². The Bertz CT molecular complexity index is 1170. The van der Waals surface area contributed by atoms with E-state index in [1.165, 1.54) is 398 Å². The molecule has 0 fully saturated rings. The van der Waals surface area contributed by atoms with E-state index in [1.54, 1.807) is 63.4 Å². The lowest BCUT2D eigenvalue weighted by molar-refractivity contribution is -0.0000190. The summed E-state index contributed by atoms with van der Waals surface area (Å²) in [6.45, 7) is 22.5. The highest BCUT2D eigenvalue weighted by molar-refractivity contribution is 7.77. The first kappa shape index (κ1) is 88.8. The van der Waals surface area contributed by atoms with E-state index in [0.29, 0.717) is 10.6 Å². The van der Waals surface area contributed by atoms with Crippen molar-refractivity contribution in [1.82, 2.24) is 0 Å². The zero-order valence-corrected chi connectivity index (χ0v) is 64.0. The molecule has 0 aliphatic heterocycles. The maximum Gasteiger partial charge on any atom is 0.0857 e. The monoisotopic (exact) mass is 1250 g/mol. The fourth-order valence-electron chi connectivity index (χ4n) is 16.8. The van der Waals surface area contributed by atoms with Crippen molar-refractivity contribution in [2.45, 2.75) is 511 Å². The van der Waals surface area contributed by atoms with Crippen LogP contribution in [0.1, 0.15) is 505 Å². The van der Waals surface area contributed by atoms with E-state index in [1.807, 2.05) is 0 Å². The van der Waals surface area contributed by atoms with E-state index in [4.69, 9.17) is 0 Å². The van der Waals surface area contributed by atoms with Crippen LogP contribution in [0, 0.1) is 11.3 Å². The molecule has 0 N–H and O–H groups in total. The Morgan fingerprint density at radius 2 is 0.372 bits per heavy atom. The third kappa shape index (κ3) is 47.6. The van der Waals surface area contributed by atoms with Crippen molar-refractivity contribution >= 4 is 7.26 Å². The molecule has 0 rings (SSSR count). The van der Waals surface area contributed by atoms with Crippen molar-refractivity contribution in [1.29, 1.82) is 0 Å². The van der Waals surface area contributed by atoms with Crippen molar-refractivity contribution < 1.29 is 12.4 Å². The zero-order chi connectivity index (χ0) is 62.0. The van der Waals surface area contributed by atoms with Crippen LogP contribution in [-0.4, -0.2) is 23.6 Å². The first-order valence-electron chi connectivity index (χ1n) is 41.8. The largest absolute Gasteiger partial charge is 1.00 e. The predicted molar refractivity (Wildman–Crippen MR) is 400 cm³/mol. The van der Waals surface area contributed by atoms with E-state index in [9.17, 15) is 0 Å². The average Bonchev–Trinajstić information content (AvgIpc) is 0.764. The molecule has 0 amide bonds. The number of hydrogen-bond donors (Lipinski definition) is 0. The van der Waals surface area contributed by atoms with E-state index >= 15 is 0 Å². The van der Waals surface area contributed by atoms with Crippen molar-refractivity contribution in [3.8, 4) is 0 Å². The Kier molecular flexibility index (Phi) is 72.3. The fourth-order valence-corrected chi connectivity index (χ4v) is 24.1. The first-order valence-corrected chi connectivity index (χ1v) is 44.1. The average molecular weight is 1250 g/mol. The van der Waals surface area contributed by atoms with Gasteiger partial charge in [0, 0.05) is 12.7 Å². The molecule has 0 aliphatic carbocycles. The van der Waals surface area contributed by atoms with Crippen LogP contribution in [0.15, 0.2) is 0 Å². The molecular formula is C84H172ClP. The van der Waals surface area contributed by atoms with E-state index in [2.05, 4.69) is 62.3 Å². The topological polar surface area (TPSA) is 0 Å². The minimum Gasteiger partial charge on any atom is -1.00 e. The first-order chi connectivity index (χ1) is 41.9. The highest BCUT2D eigenvalue weighted by Gasteiger charge is 2.66. The van der Waals surface area contributed by atoms with Gasteiger partial charge < -0.3 is 12.4 Å². The van der Waals surface area contributed by atoms with E-state index in [0.717, 1.165) is 5.92 Å². The smallest absolute Gasteiger partial charge is 0.0857 e. The SMILES string of the molecule is CCCCCCCCCCCCC(C)C(CCCCCCCCCCCC)(CCCCCCCCCCCC)C(CCCCCCCCCCCC)(CCCCCCCCCCCC)[P+](CCCC)(CCCC)CCCCCCCCCCCC.[Cl-]. The highest BCUT2D eigenvalue weighted by Crippen LogP contribution is 2.80. The number of halogens is 1. The number of rotatable bonds is 75. The third-order valence-corrected chi connectivity index (χ3v) is 28.7. The minimum atomic E-state index is -1.40. The molecule has 0 spiro atoms. The second kappa shape index (κ2) is 70.0. The standard InChI is InChI=1S/C84H172P.ClH/c1-10-18-26-32-38-44-50-56-62-68-74-82(9)83(75-69-63-57-51-45-39-33-27-19-11-2,76-70-64-58-52-46-40-34-28-20-12-3)84(77-71-65-59-53-47-41-35-29-21-13-4,78-72-66-60-54-48-42-36-30-22-14-5)85(79-24-16-7,80-25-17-8)81-73-67-61-55-49-43-37-31-23-15-6;/h82H,10-81H2,1-9H3;1H/q+1;/p-1. The lowest BCUT2D eigenvalue weighted by atomic mass is 9.57. The second-order valence-corrected chi connectivity index (χ2v) is 34.5. The molecule has 0 radical (unpaired) electrons. The van der Waals surface area contributed by atoms with Gasteiger partial charge in [-0.25, -0.2) is 0 Å². The van der Waals surface area contributed by atoms with Gasteiger partial charge in [-0.3, -0.25) is 0 Å². The van der Waals surface area contributed by atoms with Gasteiger partial charge in [0.15, 0.2) is 0 Å². The molecule has 0 aromatic rings. The summed E-state index contributed by atoms with van der Waals surface area (Å²) in [7, 11) is -1.40. The minimum absolute atomic E-state index is 0. The number of unbranched alkanes of at least 4 members (excludes halogenated alkanes) is 56. The summed E-state index contributed by atoms with van der Waals surface area (Å²) in [5.41, 5.74) is 0.499. The van der Waals surface area contributed by atoms with E-state index < -0.39 is 7.26 Å². The molecule has 0 aromatic heterocycles. The summed E-state index contributed by atoms with van der Waals surface area (Å²) in [5.74, 6) is 0.861. The summed E-state index contributed by atoms with van der Waals surface area (Å²) in [4.78, 5) is 0. The van der Waals surface area contributed by atoms with Crippen LogP contribution in [0.3, 0.4) is 0 Å². The quantitative estimate of drug-likeness (QED) is 0.0421. The molecule has 0 saturated carbocycles. The van der Waals surface area contributed by atoms with Gasteiger partial charge in [-0.1, -0.05) is 441 Å². The Balaban J connectivity index is 0. The third-order valence-electron chi connectivity index (χ3n) is 22.4. The summed E-state index contributed by atoms with van der Waals surface area (Å²) in [6.07, 6.45) is 108. The van der Waals surface area contributed by atoms with Gasteiger partial charge in [-0.15, -0.1) is 0 Å². The zero-order valence-electron chi connectivity index (χ0n) is 62.3. The molecule has 0 bridgehead atoms. The summed E-state index contributed by atoms with van der Waals surface area (Å²) in [6, 6.07) is 0. The Labute approximate surface area is 556 Å². The van der Waals surface area contributed by atoms with Gasteiger partial charge in [0.05, 0.1) is 23.6 Å². The molecule has 0 nitrogen and oxygen atoms in total. The van der Waals surface area contributed by atoms with Crippen molar-refractivity contribution in [3.05, 3.63) is 0 Å². The Morgan fingerprint density at radius 1 is 0.198 bits per heavy atom. The lowest BCUT2D eigenvalue weighted by Crippen LogP contribution is -3.00. The molecule has 0 saturated heterocycles. The highest BCUT2D eigenvalue weighted by atomic mass is 35.5. The maximum atomic E-state index is 3.00. The normalized spacial score (nSPS) is 12.7. The molecule has 520 valence electrons. The van der Waals surface area contributed by atoms with Gasteiger partial charge >= 0.3 is 0 Å². The van der Waals surface area contributed by atoms with Crippen LogP contribution in [0.4, 0.5) is 0 Å². The van der Waals surface area contributed by atoms with Crippen molar-refractivity contribution in [2.24, 2.45) is 11.3 Å². The van der Waals surface area contributed by atoms with Crippen LogP contribution in [0.25, 0.3) is 0 Å². The van der Waals surface area contributed by atoms with Crippen LogP contribution in [0.5, 0.6) is 0 Å². The van der Waals surface area contributed by atoms with Gasteiger partial charge in [-0.05, 0) is 70.1 Å². The Hall–Kier alpha value is 0.720. The molecule has 86 heavy (non-hydrogen) atoms. The molecular weight excluding hydrogens is 1080 g/mol. The summed E-state index contributed by atoms with van der Waals surface area (Å²) in [5, 5.41) is 0.556. The van der Waals surface area contributed by atoms with Crippen LogP contribution < -0.4 is 12.4 Å². The molecule has 1 unspecified atom stereocenters. The number of hydrogen-bond acceptors (Lipinski definition) is 0. The van der Waals surface area contributed by atoms with Crippen LogP contribution in [0.2, 0.25) is 0 Å². The van der Waals surface area contributed by atoms with Gasteiger partial charge in [0.1, 0.15) is 0 Å². The molecule has 1 atom stereocenters. The maximum absolute atomic E-state index is 3.00. The molecule has 0 aromatic carbocycles. The van der Waals surface area contributed by atoms with Gasteiger partial charge in [-0.2, -0.15) is 0 Å². The molecule has 2 heteroatoms. The van der Waals surface area contributed by atoms with Crippen LogP contribution in [-0.2, 0) is 0 Å².